The van der Waals surface area contributed by atoms with Gasteiger partial charge in [0.25, 0.3) is 0 Å². The molecule has 0 unspecified atom stereocenters. The lowest BCUT2D eigenvalue weighted by Crippen LogP contribution is -2.52. The second-order valence-electron chi connectivity index (χ2n) is 10.8. The van der Waals surface area contributed by atoms with E-state index in [1.807, 2.05) is 6.20 Å². The van der Waals surface area contributed by atoms with Crippen molar-refractivity contribution in [3.63, 3.8) is 0 Å². The average Bonchev–Trinajstić information content (AvgIpc) is 2.73. The monoisotopic (exact) mass is 459 g/mol. The molecule has 0 bridgehead atoms. The third kappa shape index (κ3) is 7.01. The SMILES string of the molecule is C=CC[C@H](NC(=O)CCOC)[C@H](O)CN[C@H]1CC2(CCC2)Oc2ncc(CC(C)(C)C)cc21. The molecule has 2 heterocycles. The molecule has 0 saturated heterocycles. The lowest BCUT2D eigenvalue weighted by Gasteiger charge is -2.47. The van der Waals surface area contributed by atoms with Crippen molar-refractivity contribution in [3.8, 4) is 5.88 Å². The molecule has 3 atom stereocenters. The van der Waals surface area contributed by atoms with Crippen molar-refractivity contribution in [1.82, 2.24) is 15.6 Å². The Morgan fingerprint density at radius 2 is 2.21 bits per heavy atom. The summed E-state index contributed by atoms with van der Waals surface area (Å²) in [5.74, 6) is 0.574. The quantitative estimate of drug-likeness (QED) is 0.439. The molecule has 0 aromatic carbocycles. The van der Waals surface area contributed by atoms with Crippen LogP contribution < -0.4 is 15.4 Å². The van der Waals surface area contributed by atoms with Crippen molar-refractivity contribution in [2.24, 2.45) is 5.41 Å². The summed E-state index contributed by atoms with van der Waals surface area (Å²) < 4.78 is 11.3. The molecule has 0 radical (unpaired) electrons. The summed E-state index contributed by atoms with van der Waals surface area (Å²) in [5.41, 5.74) is 2.27. The Morgan fingerprint density at radius 3 is 2.82 bits per heavy atom. The molecule has 1 saturated carbocycles. The molecule has 3 N–H and O–H groups in total. The van der Waals surface area contributed by atoms with Crippen LogP contribution in [0.4, 0.5) is 0 Å². The maximum Gasteiger partial charge on any atom is 0.222 e. The molecule has 1 fully saturated rings. The molecule has 1 amide bonds. The van der Waals surface area contributed by atoms with Gasteiger partial charge in [0.15, 0.2) is 0 Å². The number of nitrogens with zero attached hydrogens (tertiary/aromatic N) is 1. The summed E-state index contributed by atoms with van der Waals surface area (Å²) in [6.45, 7) is 11.1. The van der Waals surface area contributed by atoms with Crippen LogP contribution in [0, 0.1) is 5.41 Å². The van der Waals surface area contributed by atoms with Crippen molar-refractivity contribution in [2.75, 3.05) is 20.3 Å². The molecule has 1 aromatic rings. The van der Waals surface area contributed by atoms with E-state index < -0.39 is 12.1 Å². The summed E-state index contributed by atoms with van der Waals surface area (Å²) in [7, 11) is 1.57. The Kier molecular flexibility index (Phi) is 8.54. The van der Waals surface area contributed by atoms with E-state index in [9.17, 15) is 9.90 Å². The fourth-order valence-electron chi connectivity index (χ4n) is 4.72. The number of fused-ring (bicyclic) bond motifs is 1. The summed E-state index contributed by atoms with van der Waals surface area (Å²) in [6.07, 6.45) is 8.70. The number of ether oxygens (including phenoxy) is 2. The van der Waals surface area contributed by atoms with Crippen LogP contribution in [0.5, 0.6) is 5.88 Å². The summed E-state index contributed by atoms with van der Waals surface area (Å²) in [6, 6.07) is 1.85. The number of aromatic nitrogens is 1. The molecular weight excluding hydrogens is 418 g/mol. The van der Waals surface area contributed by atoms with Gasteiger partial charge in [-0.1, -0.05) is 26.8 Å². The Hall–Kier alpha value is -1.96. The Balaban J connectivity index is 1.71. The van der Waals surface area contributed by atoms with E-state index in [2.05, 4.69) is 49.0 Å². The molecule has 1 aliphatic heterocycles. The lowest BCUT2D eigenvalue weighted by molar-refractivity contribution is -0.123. The van der Waals surface area contributed by atoms with Gasteiger partial charge in [0, 0.05) is 44.3 Å². The number of methoxy groups -OCH3 is 1. The van der Waals surface area contributed by atoms with Gasteiger partial charge in [-0.25, -0.2) is 4.98 Å². The van der Waals surface area contributed by atoms with E-state index in [1.165, 1.54) is 12.0 Å². The highest BCUT2D eigenvalue weighted by atomic mass is 16.5. The molecule has 33 heavy (non-hydrogen) atoms. The third-order valence-electron chi connectivity index (χ3n) is 6.54. The first kappa shape index (κ1) is 25.7. The maximum absolute atomic E-state index is 12.2. The van der Waals surface area contributed by atoms with Crippen molar-refractivity contribution in [1.29, 1.82) is 0 Å². The average molecular weight is 460 g/mol. The normalized spacial score (nSPS) is 20.8. The van der Waals surface area contributed by atoms with Crippen LogP contribution in [0.1, 0.15) is 76.5 Å². The zero-order valence-corrected chi connectivity index (χ0v) is 20.7. The highest BCUT2D eigenvalue weighted by molar-refractivity contribution is 5.76. The minimum absolute atomic E-state index is 0.0460. The fraction of sp³-hybridized carbons (Fsp3) is 0.692. The van der Waals surface area contributed by atoms with Gasteiger partial charge in [-0.3, -0.25) is 4.79 Å². The van der Waals surface area contributed by atoms with Gasteiger partial charge >= 0.3 is 0 Å². The van der Waals surface area contributed by atoms with E-state index in [-0.39, 0.29) is 29.4 Å². The highest BCUT2D eigenvalue weighted by Gasteiger charge is 2.46. The van der Waals surface area contributed by atoms with E-state index >= 15 is 0 Å². The molecule has 3 rings (SSSR count). The fourth-order valence-corrected chi connectivity index (χ4v) is 4.72. The molecule has 7 nitrogen and oxygen atoms in total. The number of carbonyl (C=O) groups excluding carboxylic acids is 1. The third-order valence-corrected chi connectivity index (χ3v) is 6.54. The standard InChI is InChI=1S/C26H41N3O4/c1-6-8-20(29-23(31)9-12-32-5)22(30)17-27-21-15-26(10-7-11-26)33-24-19(21)13-18(16-28-24)14-25(2,3)4/h6,13,16,20-22,27,30H,1,7-12,14-15,17H2,2-5H3,(H,29,31)/t20-,21-,22+/m0/s1. The molecule has 184 valence electrons. The first-order chi connectivity index (χ1) is 15.6. The van der Waals surface area contributed by atoms with Crippen LogP contribution in [0.3, 0.4) is 0 Å². The van der Waals surface area contributed by atoms with Crippen LogP contribution in [0.2, 0.25) is 0 Å². The van der Waals surface area contributed by atoms with Gasteiger partial charge in [0.05, 0.1) is 18.8 Å². The largest absolute Gasteiger partial charge is 0.471 e. The number of amides is 1. The van der Waals surface area contributed by atoms with E-state index in [0.29, 0.717) is 25.5 Å². The molecule has 7 heteroatoms. The Bertz CT molecular complexity index is 816. The topological polar surface area (TPSA) is 92.7 Å². The smallest absolute Gasteiger partial charge is 0.222 e. The van der Waals surface area contributed by atoms with Gasteiger partial charge in [0.1, 0.15) is 5.60 Å². The predicted octanol–water partition coefficient (Wildman–Crippen LogP) is 3.46. The van der Waals surface area contributed by atoms with Crippen LogP contribution in [-0.4, -0.2) is 54.0 Å². The second kappa shape index (κ2) is 11.0. The van der Waals surface area contributed by atoms with Gasteiger partial charge in [-0.05, 0) is 49.1 Å². The number of carbonyl (C=O) groups is 1. The summed E-state index contributed by atoms with van der Waals surface area (Å²) in [4.78, 5) is 16.8. The van der Waals surface area contributed by atoms with Crippen molar-refractivity contribution in [3.05, 3.63) is 36.0 Å². The van der Waals surface area contributed by atoms with Gasteiger partial charge in [-0.15, -0.1) is 6.58 Å². The lowest BCUT2D eigenvalue weighted by atomic mass is 9.73. The molecule has 2 aliphatic rings. The number of aliphatic hydroxyl groups is 1. The number of pyridine rings is 1. The minimum atomic E-state index is -0.746. The van der Waals surface area contributed by atoms with Crippen molar-refractivity contribution < 1.29 is 19.4 Å². The number of hydrogen-bond donors (Lipinski definition) is 3. The first-order valence-electron chi connectivity index (χ1n) is 12.1. The number of nitrogens with one attached hydrogen (secondary N) is 2. The molecular formula is C26H41N3O4. The van der Waals surface area contributed by atoms with Gasteiger partial charge in [0.2, 0.25) is 11.8 Å². The van der Waals surface area contributed by atoms with Crippen LogP contribution >= 0.6 is 0 Å². The number of aliphatic hydroxyl groups excluding tert-OH is 1. The van der Waals surface area contributed by atoms with E-state index in [1.54, 1.807) is 13.2 Å². The van der Waals surface area contributed by atoms with Crippen molar-refractivity contribution in [2.45, 2.75) is 89.5 Å². The first-order valence-corrected chi connectivity index (χ1v) is 12.1. The molecule has 1 aliphatic carbocycles. The number of hydrogen-bond acceptors (Lipinski definition) is 6. The van der Waals surface area contributed by atoms with Crippen LogP contribution in [-0.2, 0) is 16.0 Å². The number of rotatable bonds is 11. The van der Waals surface area contributed by atoms with Crippen molar-refractivity contribution >= 4 is 5.91 Å². The Morgan fingerprint density at radius 1 is 1.45 bits per heavy atom. The summed E-state index contributed by atoms with van der Waals surface area (Å²) >= 11 is 0. The van der Waals surface area contributed by atoms with E-state index in [4.69, 9.17) is 9.47 Å². The highest BCUT2D eigenvalue weighted by Crippen LogP contribution is 2.48. The predicted molar refractivity (Wildman–Crippen MR) is 129 cm³/mol. The van der Waals surface area contributed by atoms with E-state index in [0.717, 1.165) is 31.2 Å². The van der Waals surface area contributed by atoms with Crippen LogP contribution in [0.25, 0.3) is 0 Å². The zero-order valence-electron chi connectivity index (χ0n) is 20.7. The molecule has 1 spiro atoms. The van der Waals surface area contributed by atoms with Crippen LogP contribution in [0.15, 0.2) is 24.9 Å². The maximum atomic E-state index is 12.2. The summed E-state index contributed by atoms with van der Waals surface area (Å²) in [5, 5.41) is 17.4. The zero-order chi connectivity index (χ0) is 24.1. The van der Waals surface area contributed by atoms with Gasteiger partial charge in [-0.2, -0.15) is 0 Å². The Labute approximate surface area is 198 Å². The minimum Gasteiger partial charge on any atom is -0.471 e. The molecule has 1 aromatic heterocycles. The second-order valence-corrected chi connectivity index (χ2v) is 10.8. The van der Waals surface area contributed by atoms with Gasteiger partial charge < -0.3 is 25.2 Å².